The highest BCUT2D eigenvalue weighted by atomic mass is 29.2. The minimum absolute atomic E-state index is 0.410. The first-order chi connectivity index (χ1) is 11.2. The second-order valence-electron chi connectivity index (χ2n) is 12.6. The maximum Gasteiger partial charge on any atom is 0.241 e. The predicted octanol–water partition coefficient (Wildman–Crippen LogP) is 6.48. The third kappa shape index (κ3) is 4.11. The first-order valence-electron chi connectivity index (χ1n) is 10.6. The van der Waals surface area contributed by atoms with Crippen molar-refractivity contribution in [3.05, 3.63) is 0 Å². The zero-order chi connectivity index (χ0) is 18.8. The molecule has 4 saturated carbocycles. The van der Waals surface area contributed by atoms with Gasteiger partial charge in [-0.2, -0.15) is 0 Å². The standard InChI is InChI=1S/C21H42OSi3/c1-20(2,3)23(25(7,8)9)19(22-24(4,5)6)21-13-16-10-17(14-21)12-18(11-16)15-21/h16-18H,10-15H2,1-9H3/b23-19+. The summed E-state index contributed by atoms with van der Waals surface area (Å²) in [6, 6.07) is 0. The van der Waals surface area contributed by atoms with Gasteiger partial charge in [0.05, 0.1) is 20.9 Å². The molecule has 0 N–H and O–H groups in total. The lowest BCUT2D eigenvalue weighted by molar-refractivity contribution is -0.0183. The van der Waals surface area contributed by atoms with Crippen molar-refractivity contribution in [1.29, 1.82) is 0 Å². The van der Waals surface area contributed by atoms with Crippen LogP contribution in [0.25, 0.3) is 0 Å². The summed E-state index contributed by atoms with van der Waals surface area (Å²) in [6.45, 7) is 22.7. The summed E-state index contributed by atoms with van der Waals surface area (Å²) in [6.07, 6.45) is 8.99. The lowest BCUT2D eigenvalue weighted by atomic mass is 9.50. The van der Waals surface area contributed by atoms with E-state index in [-0.39, 0.29) is 0 Å². The smallest absolute Gasteiger partial charge is 0.241 e. The van der Waals surface area contributed by atoms with Crippen LogP contribution in [0, 0.1) is 23.2 Å². The normalized spacial score (nSPS) is 36.4. The fraction of sp³-hybridized carbons (Fsp3) is 0.952. The Labute approximate surface area is 160 Å². The summed E-state index contributed by atoms with van der Waals surface area (Å²) in [5, 5.41) is 2.12. The molecule has 0 atom stereocenters. The summed E-state index contributed by atoms with van der Waals surface area (Å²) in [7, 11) is -3.50. The molecule has 0 radical (unpaired) electrons. The van der Waals surface area contributed by atoms with Gasteiger partial charge >= 0.3 is 0 Å². The molecule has 4 aliphatic carbocycles. The highest BCUT2D eigenvalue weighted by Gasteiger charge is 2.55. The van der Waals surface area contributed by atoms with E-state index in [9.17, 15) is 0 Å². The molecule has 0 aromatic carbocycles. The van der Waals surface area contributed by atoms with Crippen molar-refractivity contribution < 1.29 is 4.43 Å². The fourth-order valence-corrected chi connectivity index (χ4v) is 23.6. The van der Waals surface area contributed by atoms with E-state index < -0.39 is 23.8 Å². The maximum atomic E-state index is 7.17. The Morgan fingerprint density at radius 1 is 0.840 bits per heavy atom. The second kappa shape index (κ2) is 6.16. The van der Waals surface area contributed by atoms with Gasteiger partial charge in [0.25, 0.3) is 0 Å². The van der Waals surface area contributed by atoms with Crippen molar-refractivity contribution >= 4 is 29.2 Å². The first kappa shape index (κ1) is 20.1. The minimum atomic E-state index is -1.58. The summed E-state index contributed by atoms with van der Waals surface area (Å²) in [4.78, 5) is 0. The third-order valence-corrected chi connectivity index (χ3v) is 19.2. The van der Waals surface area contributed by atoms with Gasteiger partial charge in [0.15, 0.2) is 0 Å². The van der Waals surface area contributed by atoms with Crippen molar-refractivity contribution in [3.8, 4) is 0 Å². The van der Waals surface area contributed by atoms with Gasteiger partial charge in [0, 0.05) is 5.41 Å². The van der Waals surface area contributed by atoms with Crippen molar-refractivity contribution in [1.82, 2.24) is 0 Å². The topological polar surface area (TPSA) is 9.23 Å². The van der Waals surface area contributed by atoms with Gasteiger partial charge in [-0.1, -0.05) is 40.4 Å². The van der Waals surface area contributed by atoms with Gasteiger partial charge in [-0.3, -0.25) is 0 Å². The van der Waals surface area contributed by atoms with Crippen molar-refractivity contribution in [2.75, 3.05) is 0 Å². The molecule has 0 unspecified atom stereocenters. The van der Waals surface area contributed by atoms with E-state index in [1.165, 1.54) is 38.5 Å². The Bertz CT molecular complexity index is 506. The SMILES string of the molecule is CC(C)(C)/[Si](=C(\O[Si](C)(C)C)C12CC3CC(CC(C3)C1)C2)[Si](C)(C)C. The summed E-state index contributed by atoms with van der Waals surface area (Å²) in [5.41, 5.74) is 0.469. The molecular formula is C21H42OSi3. The monoisotopic (exact) mass is 394 g/mol. The third-order valence-electron chi connectivity index (χ3n) is 6.66. The molecule has 0 aromatic rings. The number of hydrogen-bond donors (Lipinski definition) is 0. The van der Waals surface area contributed by atoms with E-state index in [4.69, 9.17) is 4.43 Å². The van der Waals surface area contributed by atoms with Crippen molar-refractivity contribution in [2.24, 2.45) is 23.2 Å². The van der Waals surface area contributed by atoms with Crippen LogP contribution in [0.4, 0.5) is 0 Å². The van der Waals surface area contributed by atoms with Crippen LogP contribution in [0.15, 0.2) is 0 Å². The van der Waals surface area contributed by atoms with E-state index in [0.717, 1.165) is 17.8 Å². The molecule has 4 heteroatoms. The average molecular weight is 395 g/mol. The molecule has 4 bridgehead atoms. The van der Waals surface area contributed by atoms with Gasteiger partial charge in [-0.05, 0) is 81.0 Å². The lowest BCUT2D eigenvalue weighted by Crippen LogP contribution is -2.59. The van der Waals surface area contributed by atoms with E-state index in [2.05, 4.69) is 60.1 Å². The first-order valence-corrected chi connectivity index (χ1v) is 20.1. The van der Waals surface area contributed by atoms with Crippen LogP contribution in [0.1, 0.15) is 59.3 Å². The van der Waals surface area contributed by atoms with Crippen LogP contribution in [0.3, 0.4) is 0 Å². The van der Waals surface area contributed by atoms with Gasteiger partial charge in [-0.15, -0.1) is 0 Å². The van der Waals surface area contributed by atoms with Crippen LogP contribution in [-0.4, -0.2) is 29.2 Å². The summed E-state index contributed by atoms with van der Waals surface area (Å²) >= 11 is 0. The average Bonchev–Trinajstić information content (AvgIpc) is 2.30. The molecule has 25 heavy (non-hydrogen) atoms. The van der Waals surface area contributed by atoms with Crippen LogP contribution < -0.4 is 0 Å². The van der Waals surface area contributed by atoms with Crippen LogP contribution in [0.2, 0.25) is 44.3 Å². The molecular weight excluding hydrogens is 352 g/mol. The zero-order valence-corrected chi connectivity index (χ0v) is 21.4. The minimum Gasteiger partial charge on any atom is -0.552 e. The second-order valence-corrected chi connectivity index (χ2v) is 30.2. The predicted molar refractivity (Wildman–Crippen MR) is 119 cm³/mol. The molecule has 0 heterocycles. The summed E-state index contributed by atoms with van der Waals surface area (Å²) in [5.74, 6) is 3.03. The Balaban J connectivity index is 2.17. The molecule has 0 amide bonds. The molecule has 4 fully saturated rings. The molecule has 0 aromatic heterocycles. The molecule has 144 valence electrons. The van der Waals surface area contributed by atoms with E-state index >= 15 is 0 Å². The Morgan fingerprint density at radius 3 is 1.52 bits per heavy atom. The highest BCUT2D eigenvalue weighted by molar-refractivity contribution is 7.34. The lowest BCUT2D eigenvalue weighted by Gasteiger charge is -2.59. The summed E-state index contributed by atoms with van der Waals surface area (Å²) < 4.78 is 7.17. The molecule has 4 aliphatic rings. The molecule has 0 spiro atoms. The van der Waals surface area contributed by atoms with Gasteiger partial charge in [0.1, 0.15) is 0 Å². The van der Waals surface area contributed by atoms with Crippen LogP contribution in [0.5, 0.6) is 0 Å². The Morgan fingerprint density at radius 2 is 1.24 bits per heavy atom. The molecule has 0 saturated heterocycles. The molecule has 1 nitrogen and oxygen atoms in total. The van der Waals surface area contributed by atoms with E-state index in [0.29, 0.717) is 10.5 Å². The van der Waals surface area contributed by atoms with Gasteiger partial charge < -0.3 is 4.43 Å². The van der Waals surface area contributed by atoms with E-state index in [1.807, 2.05) is 0 Å². The molecule has 4 rings (SSSR count). The fourth-order valence-electron chi connectivity index (χ4n) is 6.93. The number of hydrogen-bond acceptors (Lipinski definition) is 1. The molecule has 0 aliphatic heterocycles. The Kier molecular flexibility index (Phi) is 4.95. The maximum absolute atomic E-state index is 7.17. The largest absolute Gasteiger partial charge is 0.552 e. The van der Waals surface area contributed by atoms with E-state index in [1.54, 1.807) is 5.35 Å². The van der Waals surface area contributed by atoms with Gasteiger partial charge in [0.2, 0.25) is 8.32 Å². The number of rotatable bonds is 4. The highest BCUT2D eigenvalue weighted by Crippen LogP contribution is 2.61. The Hall–Kier alpha value is 0.321. The van der Waals surface area contributed by atoms with Crippen molar-refractivity contribution in [2.45, 2.75) is 104 Å². The zero-order valence-electron chi connectivity index (χ0n) is 18.4. The van der Waals surface area contributed by atoms with Crippen LogP contribution >= 0.6 is 0 Å². The van der Waals surface area contributed by atoms with Gasteiger partial charge in [-0.25, -0.2) is 0 Å². The van der Waals surface area contributed by atoms with Crippen molar-refractivity contribution in [3.63, 3.8) is 0 Å². The van der Waals surface area contributed by atoms with Crippen LogP contribution in [-0.2, 0) is 4.43 Å². The quantitative estimate of drug-likeness (QED) is 0.496.